The Bertz CT molecular complexity index is 807. The van der Waals surface area contributed by atoms with E-state index in [4.69, 9.17) is 0 Å². The summed E-state index contributed by atoms with van der Waals surface area (Å²) in [7, 11) is 0. The Labute approximate surface area is 165 Å². The molecule has 0 spiro atoms. The zero-order valence-corrected chi connectivity index (χ0v) is 16.6. The van der Waals surface area contributed by atoms with Gasteiger partial charge in [-0.2, -0.15) is 0 Å². The first-order chi connectivity index (χ1) is 13.4. The van der Waals surface area contributed by atoms with Crippen LogP contribution in [0.25, 0.3) is 0 Å². The first kappa shape index (κ1) is 18.9. The maximum absolute atomic E-state index is 12.9. The van der Waals surface area contributed by atoms with Gasteiger partial charge in [0.1, 0.15) is 12.1 Å². The first-order valence-electron chi connectivity index (χ1n) is 10.1. The van der Waals surface area contributed by atoms with E-state index in [-0.39, 0.29) is 18.4 Å². The summed E-state index contributed by atoms with van der Waals surface area (Å²) in [6.07, 6.45) is 3.09. The zero-order valence-electron chi connectivity index (χ0n) is 16.6. The number of hydrogen-bond donors (Lipinski definition) is 1. The van der Waals surface area contributed by atoms with Gasteiger partial charge >= 0.3 is 6.03 Å². The third-order valence-electron chi connectivity index (χ3n) is 6.42. The molecule has 4 rings (SSSR count). The lowest BCUT2D eigenvalue weighted by atomic mass is 9.96. The molecule has 0 aromatic heterocycles. The van der Waals surface area contributed by atoms with E-state index in [9.17, 15) is 14.4 Å². The van der Waals surface area contributed by atoms with Crippen LogP contribution in [0.5, 0.6) is 0 Å². The van der Waals surface area contributed by atoms with Gasteiger partial charge < -0.3 is 9.80 Å². The van der Waals surface area contributed by atoms with E-state index in [0.717, 1.165) is 32.4 Å². The number of amides is 4. The van der Waals surface area contributed by atoms with Gasteiger partial charge in [0.05, 0.1) is 0 Å². The molecular formula is C21H28N4O3. The maximum atomic E-state index is 12.9. The highest BCUT2D eigenvalue weighted by atomic mass is 16.2. The number of carbonyl (C=O) groups is 3. The lowest BCUT2D eigenvalue weighted by molar-refractivity contribution is -0.135. The van der Waals surface area contributed by atoms with Crippen molar-refractivity contribution in [3.8, 4) is 0 Å². The van der Waals surface area contributed by atoms with Crippen molar-refractivity contribution < 1.29 is 14.4 Å². The summed E-state index contributed by atoms with van der Waals surface area (Å²) in [5, 5.41) is 2.30. The molecule has 150 valence electrons. The Morgan fingerprint density at radius 2 is 1.93 bits per heavy atom. The van der Waals surface area contributed by atoms with Crippen LogP contribution in [0.1, 0.15) is 37.8 Å². The van der Waals surface area contributed by atoms with Crippen molar-refractivity contribution in [1.82, 2.24) is 20.0 Å². The highest BCUT2D eigenvalue weighted by molar-refractivity contribution is 6.07. The SMILES string of the molecule is CC1(C)C(=O)NC(=O)N1CC(=O)N1CCC[C@@H](N2CCc3ccccc3C2)C1. The van der Waals surface area contributed by atoms with Crippen LogP contribution in [0.3, 0.4) is 0 Å². The Balaban J connectivity index is 1.39. The largest absolute Gasteiger partial charge is 0.340 e. The number of benzene rings is 1. The number of nitrogens with one attached hydrogen (secondary N) is 1. The third kappa shape index (κ3) is 3.39. The van der Waals surface area contributed by atoms with Gasteiger partial charge in [-0.15, -0.1) is 0 Å². The van der Waals surface area contributed by atoms with E-state index in [1.165, 1.54) is 16.0 Å². The summed E-state index contributed by atoms with van der Waals surface area (Å²) in [5.74, 6) is -0.436. The monoisotopic (exact) mass is 384 g/mol. The minimum atomic E-state index is -0.988. The molecule has 3 aliphatic heterocycles. The first-order valence-corrected chi connectivity index (χ1v) is 10.1. The number of nitrogens with zero attached hydrogens (tertiary/aromatic N) is 3. The predicted octanol–water partition coefficient (Wildman–Crippen LogP) is 1.37. The fourth-order valence-corrected chi connectivity index (χ4v) is 4.51. The van der Waals surface area contributed by atoms with Gasteiger partial charge in [-0.25, -0.2) is 4.79 Å². The standard InChI is InChI=1S/C21H28N4O3/c1-21(2)19(27)22-20(28)25(21)14-18(26)24-10-5-8-17(13-24)23-11-9-15-6-3-4-7-16(15)12-23/h3-4,6-7,17H,5,8-14H2,1-2H3,(H,22,27,28)/t17-/m1/s1. The Morgan fingerprint density at radius 3 is 2.64 bits per heavy atom. The molecule has 0 aliphatic carbocycles. The summed E-state index contributed by atoms with van der Waals surface area (Å²) in [4.78, 5) is 42.6. The summed E-state index contributed by atoms with van der Waals surface area (Å²) in [5.41, 5.74) is 1.82. The van der Waals surface area contributed by atoms with Crippen molar-refractivity contribution in [1.29, 1.82) is 0 Å². The van der Waals surface area contributed by atoms with Crippen molar-refractivity contribution >= 4 is 17.8 Å². The van der Waals surface area contributed by atoms with Crippen LogP contribution < -0.4 is 5.32 Å². The second-order valence-electron chi connectivity index (χ2n) is 8.53. The summed E-state index contributed by atoms with van der Waals surface area (Å²) < 4.78 is 0. The van der Waals surface area contributed by atoms with E-state index < -0.39 is 11.6 Å². The fraction of sp³-hybridized carbons (Fsp3) is 0.571. The molecule has 7 heteroatoms. The summed E-state index contributed by atoms with van der Waals surface area (Å²) in [6.45, 7) is 6.63. The number of carbonyl (C=O) groups excluding carboxylic acids is 3. The van der Waals surface area contributed by atoms with E-state index in [1.807, 2.05) is 4.90 Å². The van der Waals surface area contributed by atoms with E-state index >= 15 is 0 Å². The van der Waals surface area contributed by atoms with E-state index in [2.05, 4.69) is 34.5 Å². The molecule has 1 atom stereocenters. The molecule has 2 saturated heterocycles. The minimum absolute atomic E-state index is 0.0554. The molecule has 1 N–H and O–H groups in total. The minimum Gasteiger partial charge on any atom is -0.340 e. The van der Waals surface area contributed by atoms with Crippen LogP contribution >= 0.6 is 0 Å². The second kappa shape index (κ2) is 7.20. The molecule has 2 fully saturated rings. The number of urea groups is 1. The highest BCUT2D eigenvalue weighted by Gasteiger charge is 2.46. The Morgan fingerprint density at radius 1 is 1.18 bits per heavy atom. The van der Waals surface area contributed by atoms with Crippen LogP contribution in [0.4, 0.5) is 4.79 Å². The molecule has 0 unspecified atom stereocenters. The summed E-state index contributed by atoms with van der Waals surface area (Å²) >= 11 is 0. The topological polar surface area (TPSA) is 73.0 Å². The van der Waals surface area contributed by atoms with Gasteiger partial charge in [0, 0.05) is 32.2 Å². The maximum Gasteiger partial charge on any atom is 0.325 e. The van der Waals surface area contributed by atoms with Gasteiger partial charge in [0.15, 0.2) is 0 Å². The molecule has 0 bridgehead atoms. The van der Waals surface area contributed by atoms with Crippen molar-refractivity contribution in [3.63, 3.8) is 0 Å². The molecule has 0 radical (unpaired) electrons. The average Bonchev–Trinajstić information content (AvgIpc) is 2.89. The molecule has 1 aromatic carbocycles. The third-order valence-corrected chi connectivity index (χ3v) is 6.42. The van der Waals surface area contributed by atoms with Crippen molar-refractivity contribution in [3.05, 3.63) is 35.4 Å². The molecule has 3 aliphatic rings. The normalized spacial score (nSPS) is 24.9. The Kier molecular flexibility index (Phi) is 4.87. The van der Waals surface area contributed by atoms with Crippen molar-refractivity contribution in [2.75, 3.05) is 26.2 Å². The number of fused-ring (bicyclic) bond motifs is 1. The number of piperidine rings is 1. The fourth-order valence-electron chi connectivity index (χ4n) is 4.51. The molecule has 3 heterocycles. The number of rotatable bonds is 3. The zero-order chi connectivity index (χ0) is 19.9. The number of hydrogen-bond acceptors (Lipinski definition) is 4. The Hall–Kier alpha value is -2.41. The molecule has 0 saturated carbocycles. The van der Waals surface area contributed by atoms with Gasteiger partial charge in [-0.3, -0.25) is 19.8 Å². The quantitative estimate of drug-likeness (QED) is 0.799. The predicted molar refractivity (Wildman–Crippen MR) is 104 cm³/mol. The number of likely N-dealkylation sites (tertiary alicyclic amines) is 1. The molecule has 28 heavy (non-hydrogen) atoms. The van der Waals surface area contributed by atoms with Crippen LogP contribution in [-0.2, 0) is 22.6 Å². The van der Waals surface area contributed by atoms with Crippen LogP contribution in [0.15, 0.2) is 24.3 Å². The van der Waals surface area contributed by atoms with Gasteiger partial charge in [-0.05, 0) is 44.2 Å². The van der Waals surface area contributed by atoms with Gasteiger partial charge in [0.2, 0.25) is 5.91 Å². The van der Waals surface area contributed by atoms with E-state index in [0.29, 0.717) is 19.1 Å². The van der Waals surface area contributed by atoms with Crippen LogP contribution in [0.2, 0.25) is 0 Å². The van der Waals surface area contributed by atoms with Gasteiger partial charge in [-0.1, -0.05) is 24.3 Å². The van der Waals surface area contributed by atoms with Crippen molar-refractivity contribution in [2.24, 2.45) is 0 Å². The molecular weight excluding hydrogens is 356 g/mol. The van der Waals surface area contributed by atoms with E-state index in [1.54, 1.807) is 13.8 Å². The van der Waals surface area contributed by atoms with Crippen LogP contribution in [-0.4, -0.2) is 70.3 Å². The lowest BCUT2D eigenvalue weighted by Crippen LogP contribution is -2.54. The smallest absolute Gasteiger partial charge is 0.325 e. The molecule has 4 amide bonds. The molecule has 1 aromatic rings. The van der Waals surface area contributed by atoms with Crippen molar-refractivity contribution in [2.45, 2.75) is 51.2 Å². The second-order valence-corrected chi connectivity index (χ2v) is 8.53. The average molecular weight is 384 g/mol. The van der Waals surface area contributed by atoms with Crippen LogP contribution in [0, 0.1) is 0 Å². The molecule has 7 nitrogen and oxygen atoms in total. The number of imide groups is 1. The summed E-state index contributed by atoms with van der Waals surface area (Å²) in [6, 6.07) is 8.43. The highest BCUT2D eigenvalue weighted by Crippen LogP contribution is 2.25. The van der Waals surface area contributed by atoms with Gasteiger partial charge in [0.25, 0.3) is 5.91 Å². The lowest BCUT2D eigenvalue weighted by Gasteiger charge is -2.42.